The van der Waals surface area contributed by atoms with Crippen LogP contribution in [-0.4, -0.2) is 35.3 Å². The predicted molar refractivity (Wildman–Crippen MR) is 124 cm³/mol. The summed E-state index contributed by atoms with van der Waals surface area (Å²) in [7, 11) is 1.45. The topological polar surface area (TPSA) is 102 Å². The van der Waals surface area contributed by atoms with E-state index in [0.29, 0.717) is 16.7 Å². The summed E-state index contributed by atoms with van der Waals surface area (Å²) in [5, 5.41) is 11.4. The van der Waals surface area contributed by atoms with Gasteiger partial charge in [0.15, 0.2) is 22.9 Å². The van der Waals surface area contributed by atoms with Crippen LogP contribution < -0.4 is 14.4 Å². The fraction of sp³-hybridized carbons (Fsp3) is 0.115. The molecule has 1 amide bonds. The van der Waals surface area contributed by atoms with Crippen LogP contribution in [0.5, 0.6) is 11.5 Å². The van der Waals surface area contributed by atoms with Crippen molar-refractivity contribution in [3.05, 3.63) is 95.7 Å². The largest absolute Gasteiger partial charge is 0.573 e. The molecule has 37 heavy (non-hydrogen) atoms. The van der Waals surface area contributed by atoms with Gasteiger partial charge in [-0.2, -0.15) is 0 Å². The minimum absolute atomic E-state index is 0.107. The van der Waals surface area contributed by atoms with Gasteiger partial charge in [0.1, 0.15) is 11.8 Å². The SMILES string of the molecule is COc1cccc2cc(C(=O)C3=C(O)C(=O)N(c4ccc(OC(F)(F)F)cc4)C3c3ccccn3)oc12. The number of rotatable bonds is 6. The molecule has 1 unspecified atom stereocenters. The van der Waals surface area contributed by atoms with E-state index in [1.54, 1.807) is 36.4 Å². The number of aromatic nitrogens is 1. The van der Waals surface area contributed by atoms with E-state index in [2.05, 4.69) is 9.72 Å². The Balaban J connectivity index is 1.58. The highest BCUT2D eigenvalue weighted by atomic mass is 19.4. The zero-order valence-corrected chi connectivity index (χ0v) is 19.0. The molecule has 1 aliphatic heterocycles. The number of aliphatic hydroxyl groups is 1. The Hall–Kier alpha value is -4.80. The van der Waals surface area contributed by atoms with Crippen molar-refractivity contribution < 1.29 is 41.8 Å². The third-order valence-electron chi connectivity index (χ3n) is 5.72. The maximum Gasteiger partial charge on any atom is 0.573 e. The Morgan fingerprint density at radius 1 is 1.08 bits per heavy atom. The summed E-state index contributed by atoms with van der Waals surface area (Å²) in [6.45, 7) is 0. The number of aliphatic hydroxyl groups excluding tert-OH is 1. The molecule has 1 N–H and O–H groups in total. The van der Waals surface area contributed by atoms with Crippen molar-refractivity contribution in [1.29, 1.82) is 0 Å². The van der Waals surface area contributed by atoms with E-state index in [0.717, 1.165) is 17.0 Å². The van der Waals surface area contributed by atoms with Gasteiger partial charge in [-0.25, -0.2) is 0 Å². The normalized spacial score (nSPS) is 15.9. The molecular formula is C26H17F3N2O6. The molecule has 0 saturated carbocycles. The average molecular weight is 510 g/mol. The first-order valence-electron chi connectivity index (χ1n) is 10.8. The number of hydrogen-bond donors (Lipinski definition) is 1. The van der Waals surface area contributed by atoms with Gasteiger partial charge in [-0.15, -0.1) is 13.2 Å². The van der Waals surface area contributed by atoms with Crippen molar-refractivity contribution in [2.24, 2.45) is 0 Å². The van der Waals surface area contributed by atoms with Crippen molar-refractivity contribution in [1.82, 2.24) is 4.98 Å². The minimum atomic E-state index is -4.89. The number of halogens is 3. The highest BCUT2D eigenvalue weighted by molar-refractivity contribution is 6.20. The van der Waals surface area contributed by atoms with Crippen molar-refractivity contribution in [3.63, 3.8) is 0 Å². The Labute approximate surface area is 207 Å². The number of carbonyl (C=O) groups is 2. The lowest BCUT2D eigenvalue weighted by molar-refractivity contribution is -0.274. The van der Waals surface area contributed by atoms with Gasteiger partial charge in [0, 0.05) is 17.3 Å². The molecule has 11 heteroatoms. The molecule has 188 valence electrons. The molecule has 5 rings (SSSR count). The lowest BCUT2D eigenvalue weighted by Gasteiger charge is -2.26. The van der Waals surface area contributed by atoms with Crippen LogP contribution in [0.25, 0.3) is 11.0 Å². The van der Waals surface area contributed by atoms with Gasteiger partial charge in [0.05, 0.1) is 18.4 Å². The second-order valence-electron chi connectivity index (χ2n) is 7.95. The summed E-state index contributed by atoms with van der Waals surface area (Å²) in [4.78, 5) is 32.2. The van der Waals surface area contributed by atoms with Crippen molar-refractivity contribution >= 4 is 28.3 Å². The highest BCUT2D eigenvalue weighted by Gasteiger charge is 2.46. The van der Waals surface area contributed by atoms with Crippen molar-refractivity contribution in [2.75, 3.05) is 12.0 Å². The van der Waals surface area contributed by atoms with Crippen LogP contribution in [0.3, 0.4) is 0 Å². The van der Waals surface area contributed by atoms with E-state index in [-0.39, 0.29) is 22.7 Å². The van der Waals surface area contributed by atoms with E-state index in [4.69, 9.17) is 9.15 Å². The molecule has 4 aromatic rings. The summed E-state index contributed by atoms with van der Waals surface area (Å²) in [6.07, 6.45) is -3.45. The molecule has 8 nitrogen and oxygen atoms in total. The van der Waals surface area contributed by atoms with Gasteiger partial charge in [-0.3, -0.25) is 19.5 Å². The Morgan fingerprint density at radius 3 is 2.49 bits per heavy atom. The maximum absolute atomic E-state index is 13.6. The zero-order valence-electron chi connectivity index (χ0n) is 19.0. The molecule has 0 bridgehead atoms. The second-order valence-corrected chi connectivity index (χ2v) is 7.95. The number of nitrogens with zero attached hydrogens (tertiary/aromatic N) is 2. The first-order chi connectivity index (χ1) is 17.7. The summed E-state index contributed by atoms with van der Waals surface area (Å²) < 4.78 is 52.6. The smallest absolute Gasteiger partial charge is 0.503 e. The molecule has 0 aliphatic carbocycles. The van der Waals surface area contributed by atoms with Crippen LogP contribution in [0.4, 0.5) is 18.9 Å². The molecular weight excluding hydrogens is 493 g/mol. The van der Waals surface area contributed by atoms with Gasteiger partial charge in [-0.1, -0.05) is 18.2 Å². The van der Waals surface area contributed by atoms with Crippen LogP contribution in [0, 0.1) is 0 Å². The number of fused-ring (bicyclic) bond motifs is 1. The van der Waals surface area contributed by atoms with Crippen molar-refractivity contribution in [2.45, 2.75) is 12.4 Å². The minimum Gasteiger partial charge on any atom is -0.503 e. The Morgan fingerprint density at radius 2 is 1.84 bits per heavy atom. The number of ketones is 1. The first-order valence-corrected chi connectivity index (χ1v) is 10.8. The van der Waals surface area contributed by atoms with E-state index < -0.39 is 35.6 Å². The number of pyridine rings is 1. The summed E-state index contributed by atoms with van der Waals surface area (Å²) in [5.41, 5.74) is 0.366. The summed E-state index contributed by atoms with van der Waals surface area (Å²) >= 11 is 0. The molecule has 3 heterocycles. The first kappa shape index (κ1) is 23.9. The van der Waals surface area contributed by atoms with Crippen LogP contribution in [-0.2, 0) is 4.79 Å². The fourth-order valence-electron chi connectivity index (χ4n) is 4.17. The molecule has 0 radical (unpaired) electrons. The van der Waals surface area contributed by atoms with Gasteiger partial charge < -0.3 is 19.0 Å². The lowest BCUT2D eigenvalue weighted by Crippen LogP contribution is -2.31. The van der Waals surface area contributed by atoms with Gasteiger partial charge >= 0.3 is 6.36 Å². The number of methoxy groups -OCH3 is 1. The van der Waals surface area contributed by atoms with Crippen LogP contribution in [0.15, 0.2) is 88.7 Å². The number of carbonyl (C=O) groups excluding carboxylic acids is 2. The Kier molecular flexibility index (Phi) is 5.82. The Bertz CT molecular complexity index is 1530. The van der Waals surface area contributed by atoms with Crippen LogP contribution >= 0.6 is 0 Å². The van der Waals surface area contributed by atoms with E-state index in [1.165, 1.54) is 31.5 Å². The molecule has 0 fully saturated rings. The molecule has 1 aliphatic rings. The zero-order chi connectivity index (χ0) is 26.3. The monoisotopic (exact) mass is 510 g/mol. The van der Waals surface area contributed by atoms with E-state index in [1.807, 2.05) is 0 Å². The molecule has 2 aromatic carbocycles. The van der Waals surface area contributed by atoms with Gasteiger partial charge in [0.2, 0.25) is 5.78 Å². The van der Waals surface area contributed by atoms with Gasteiger partial charge in [-0.05, 0) is 48.5 Å². The highest BCUT2D eigenvalue weighted by Crippen LogP contribution is 2.42. The quantitative estimate of drug-likeness (QED) is 0.341. The maximum atomic E-state index is 13.6. The third-order valence-corrected chi connectivity index (χ3v) is 5.72. The van der Waals surface area contributed by atoms with Crippen LogP contribution in [0.2, 0.25) is 0 Å². The molecule has 2 aromatic heterocycles. The van der Waals surface area contributed by atoms with E-state index >= 15 is 0 Å². The average Bonchev–Trinajstić information content (AvgIpc) is 3.43. The predicted octanol–water partition coefficient (Wildman–Crippen LogP) is 5.52. The molecule has 0 spiro atoms. The number of amides is 1. The lowest BCUT2D eigenvalue weighted by atomic mass is 9.98. The summed E-state index contributed by atoms with van der Waals surface area (Å²) in [5.74, 6) is -2.78. The number of anilines is 1. The van der Waals surface area contributed by atoms with Crippen LogP contribution in [0.1, 0.15) is 22.3 Å². The number of alkyl halides is 3. The third kappa shape index (κ3) is 4.35. The number of para-hydroxylation sites is 1. The van der Waals surface area contributed by atoms with Crippen molar-refractivity contribution in [3.8, 4) is 11.5 Å². The second kappa shape index (κ2) is 9.01. The number of furan rings is 1. The summed E-state index contributed by atoms with van der Waals surface area (Å²) in [6, 6.07) is 14.6. The van der Waals surface area contributed by atoms with Gasteiger partial charge in [0.25, 0.3) is 5.91 Å². The number of benzene rings is 2. The van der Waals surface area contributed by atoms with E-state index in [9.17, 15) is 27.9 Å². The molecule has 1 atom stereocenters. The number of hydrogen-bond acceptors (Lipinski definition) is 7. The molecule has 0 saturated heterocycles. The fourth-order valence-corrected chi connectivity index (χ4v) is 4.17. The number of ether oxygens (including phenoxy) is 2. The number of Topliss-reactive ketones (excluding diaryl/α,β-unsaturated/α-hetero) is 1. The standard InChI is InChI=1S/C26H17F3N2O6/c1-35-18-7-4-5-14-13-19(36-24(14)18)22(32)20-21(17-6-2-3-12-30-17)31(25(34)23(20)33)15-8-10-16(11-9-15)37-26(27,28)29/h2-13,21,33H,1H3.